The molecule has 4 nitrogen and oxygen atoms in total. The lowest BCUT2D eigenvalue weighted by molar-refractivity contribution is -0.136. The molecule has 0 unspecified atom stereocenters. The molecule has 0 aromatic carbocycles. The molecule has 1 heterocycles. The van der Waals surface area contributed by atoms with E-state index in [1.54, 1.807) is 0 Å². The van der Waals surface area contributed by atoms with Crippen LogP contribution in [0.3, 0.4) is 0 Å². The fourth-order valence-electron chi connectivity index (χ4n) is 1.07. The molecule has 1 aromatic rings. The molecule has 0 aliphatic carbocycles. The number of nitrogens with zero attached hydrogens (tertiary/aromatic N) is 1. The van der Waals surface area contributed by atoms with Gasteiger partial charge in [0, 0.05) is 18.3 Å². The molecule has 0 radical (unpaired) electrons. The van der Waals surface area contributed by atoms with Crippen molar-refractivity contribution in [1.29, 1.82) is 0 Å². The lowest BCUT2D eigenvalue weighted by Gasteiger charge is -1.96. The number of rotatable bonds is 6. The first-order valence-corrected chi connectivity index (χ1v) is 5.46. The SMILES string of the molecule is CCNCCc1nc(CC(=O)O)cs1. The Balaban J connectivity index is 2.38. The number of carboxylic acids is 1. The Morgan fingerprint density at radius 1 is 1.71 bits per heavy atom. The molecule has 0 atom stereocenters. The molecule has 0 aliphatic heterocycles. The van der Waals surface area contributed by atoms with Crippen LogP contribution in [0.15, 0.2) is 5.38 Å². The lowest BCUT2D eigenvalue weighted by atomic mass is 10.3. The van der Waals surface area contributed by atoms with Crippen molar-refractivity contribution in [3.05, 3.63) is 16.1 Å². The van der Waals surface area contributed by atoms with Crippen LogP contribution in [-0.4, -0.2) is 29.1 Å². The minimum atomic E-state index is -0.825. The monoisotopic (exact) mass is 214 g/mol. The van der Waals surface area contributed by atoms with Crippen LogP contribution in [0, 0.1) is 0 Å². The van der Waals surface area contributed by atoms with Gasteiger partial charge in [-0.3, -0.25) is 4.79 Å². The maximum atomic E-state index is 10.4. The normalized spacial score (nSPS) is 10.4. The van der Waals surface area contributed by atoms with Crippen LogP contribution >= 0.6 is 11.3 Å². The van der Waals surface area contributed by atoms with Crippen molar-refractivity contribution < 1.29 is 9.90 Å². The molecule has 1 rings (SSSR count). The van der Waals surface area contributed by atoms with E-state index in [9.17, 15) is 4.79 Å². The third kappa shape index (κ3) is 3.85. The van der Waals surface area contributed by atoms with Crippen LogP contribution in [0.2, 0.25) is 0 Å². The van der Waals surface area contributed by atoms with Gasteiger partial charge >= 0.3 is 5.97 Å². The number of nitrogens with one attached hydrogen (secondary N) is 1. The van der Waals surface area contributed by atoms with Crippen LogP contribution in [0.5, 0.6) is 0 Å². The van der Waals surface area contributed by atoms with Gasteiger partial charge < -0.3 is 10.4 Å². The van der Waals surface area contributed by atoms with E-state index in [1.165, 1.54) is 11.3 Å². The van der Waals surface area contributed by atoms with E-state index in [-0.39, 0.29) is 6.42 Å². The second-order valence-electron chi connectivity index (χ2n) is 2.91. The van der Waals surface area contributed by atoms with E-state index in [2.05, 4.69) is 17.2 Å². The minimum absolute atomic E-state index is 0.0255. The average molecular weight is 214 g/mol. The van der Waals surface area contributed by atoms with Crippen LogP contribution in [-0.2, 0) is 17.6 Å². The second kappa shape index (κ2) is 5.72. The summed E-state index contributed by atoms with van der Waals surface area (Å²) in [5.41, 5.74) is 0.661. The first kappa shape index (κ1) is 11.1. The molecule has 1 aromatic heterocycles. The number of thiazole rings is 1. The molecule has 0 bridgehead atoms. The maximum absolute atomic E-state index is 10.4. The van der Waals surface area contributed by atoms with Gasteiger partial charge in [-0.05, 0) is 6.54 Å². The molecule has 0 saturated carbocycles. The van der Waals surface area contributed by atoms with Crippen molar-refractivity contribution in [3.63, 3.8) is 0 Å². The Bertz CT molecular complexity index is 299. The molecule has 0 saturated heterocycles. The molecule has 2 N–H and O–H groups in total. The Labute approximate surface area is 87.0 Å². The van der Waals surface area contributed by atoms with Crippen molar-refractivity contribution in [2.24, 2.45) is 0 Å². The van der Waals surface area contributed by atoms with Crippen LogP contribution in [0.1, 0.15) is 17.6 Å². The summed E-state index contributed by atoms with van der Waals surface area (Å²) in [5.74, 6) is -0.825. The van der Waals surface area contributed by atoms with Gasteiger partial charge in [0.25, 0.3) is 0 Å². The van der Waals surface area contributed by atoms with Crippen LogP contribution < -0.4 is 5.32 Å². The van der Waals surface area contributed by atoms with E-state index >= 15 is 0 Å². The Kier molecular flexibility index (Phi) is 4.55. The zero-order valence-corrected chi connectivity index (χ0v) is 8.93. The van der Waals surface area contributed by atoms with E-state index in [4.69, 9.17) is 5.11 Å². The summed E-state index contributed by atoms with van der Waals surface area (Å²) in [5, 5.41) is 14.6. The van der Waals surface area contributed by atoms with Crippen LogP contribution in [0.4, 0.5) is 0 Å². The lowest BCUT2D eigenvalue weighted by Crippen LogP contribution is -2.16. The number of carbonyl (C=O) groups is 1. The molecule has 5 heteroatoms. The molecule has 0 aliphatic rings. The molecule has 0 fully saturated rings. The van der Waals surface area contributed by atoms with E-state index < -0.39 is 5.97 Å². The first-order valence-electron chi connectivity index (χ1n) is 4.58. The number of carboxylic acid groups (broad SMARTS) is 1. The quantitative estimate of drug-likeness (QED) is 0.691. The number of likely N-dealkylation sites (N-methyl/N-ethyl adjacent to an activating group) is 1. The van der Waals surface area contributed by atoms with E-state index in [0.29, 0.717) is 5.69 Å². The van der Waals surface area contributed by atoms with Gasteiger partial charge in [-0.2, -0.15) is 0 Å². The Morgan fingerprint density at radius 2 is 2.50 bits per heavy atom. The second-order valence-corrected chi connectivity index (χ2v) is 3.85. The Morgan fingerprint density at radius 3 is 3.14 bits per heavy atom. The topological polar surface area (TPSA) is 62.2 Å². The fraction of sp³-hybridized carbons (Fsp3) is 0.556. The molecule has 0 spiro atoms. The standard InChI is InChI=1S/C9H14N2O2S/c1-2-10-4-3-8-11-7(6-14-8)5-9(12)13/h6,10H,2-5H2,1H3,(H,12,13). The molecule has 14 heavy (non-hydrogen) atoms. The third-order valence-corrected chi connectivity index (χ3v) is 2.65. The van der Waals surface area contributed by atoms with Gasteiger partial charge in [-0.15, -0.1) is 11.3 Å². The summed E-state index contributed by atoms with van der Waals surface area (Å²) in [4.78, 5) is 14.6. The smallest absolute Gasteiger partial charge is 0.309 e. The highest BCUT2D eigenvalue weighted by atomic mass is 32.1. The van der Waals surface area contributed by atoms with E-state index in [1.807, 2.05) is 5.38 Å². The molecule has 0 amide bonds. The summed E-state index contributed by atoms with van der Waals surface area (Å²) in [7, 11) is 0. The highest BCUT2D eigenvalue weighted by molar-refractivity contribution is 7.09. The Hall–Kier alpha value is -0.940. The van der Waals surface area contributed by atoms with Gasteiger partial charge in [-0.25, -0.2) is 4.98 Å². The van der Waals surface area contributed by atoms with Gasteiger partial charge in [0.15, 0.2) is 0 Å². The first-order chi connectivity index (χ1) is 6.72. The van der Waals surface area contributed by atoms with Crippen molar-refractivity contribution in [3.8, 4) is 0 Å². The van der Waals surface area contributed by atoms with Crippen molar-refractivity contribution >= 4 is 17.3 Å². The van der Waals surface area contributed by atoms with E-state index in [0.717, 1.165) is 24.5 Å². The summed E-state index contributed by atoms with van der Waals surface area (Å²) in [6.45, 7) is 3.90. The van der Waals surface area contributed by atoms with Gasteiger partial charge in [0.1, 0.15) is 0 Å². The predicted molar refractivity (Wildman–Crippen MR) is 55.7 cm³/mol. The number of aromatic nitrogens is 1. The van der Waals surface area contributed by atoms with Crippen molar-refractivity contribution in [2.45, 2.75) is 19.8 Å². The predicted octanol–water partition coefficient (Wildman–Crippen LogP) is 0.922. The highest BCUT2D eigenvalue weighted by Crippen LogP contribution is 2.10. The highest BCUT2D eigenvalue weighted by Gasteiger charge is 2.05. The van der Waals surface area contributed by atoms with Gasteiger partial charge in [0.2, 0.25) is 0 Å². The zero-order chi connectivity index (χ0) is 10.4. The minimum Gasteiger partial charge on any atom is -0.481 e. The largest absolute Gasteiger partial charge is 0.481 e. The summed E-state index contributed by atoms with van der Waals surface area (Å²) >= 11 is 1.53. The summed E-state index contributed by atoms with van der Waals surface area (Å²) in [6, 6.07) is 0. The summed E-state index contributed by atoms with van der Waals surface area (Å²) in [6.07, 6.45) is 0.899. The van der Waals surface area contributed by atoms with Gasteiger partial charge in [-0.1, -0.05) is 6.92 Å². The average Bonchev–Trinajstić information content (AvgIpc) is 2.52. The third-order valence-electron chi connectivity index (χ3n) is 1.70. The van der Waals surface area contributed by atoms with Crippen molar-refractivity contribution in [1.82, 2.24) is 10.3 Å². The number of hydrogen-bond acceptors (Lipinski definition) is 4. The van der Waals surface area contributed by atoms with Crippen LogP contribution in [0.25, 0.3) is 0 Å². The summed E-state index contributed by atoms with van der Waals surface area (Å²) < 4.78 is 0. The maximum Gasteiger partial charge on any atom is 0.309 e. The zero-order valence-electron chi connectivity index (χ0n) is 8.12. The number of aliphatic carboxylic acids is 1. The fourth-order valence-corrected chi connectivity index (χ4v) is 1.87. The molecular weight excluding hydrogens is 200 g/mol. The van der Waals surface area contributed by atoms with Gasteiger partial charge in [0.05, 0.1) is 17.1 Å². The number of hydrogen-bond donors (Lipinski definition) is 2. The molecular formula is C9H14N2O2S. The van der Waals surface area contributed by atoms with Crippen molar-refractivity contribution in [2.75, 3.05) is 13.1 Å². The molecule has 78 valence electrons.